The van der Waals surface area contributed by atoms with Crippen LogP contribution in [0.4, 0.5) is 4.39 Å². The number of benzene rings is 5. The molecule has 0 bridgehead atoms. The number of halogens is 2. The molecule has 0 aliphatic carbocycles. The minimum atomic E-state index is -0.796. The quantitative estimate of drug-likeness (QED) is 0.101. The van der Waals surface area contributed by atoms with Crippen molar-refractivity contribution in [2.75, 3.05) is 6.61 Å². The Morgan fingerprint density at radius 2 is 0.979 bits per heavy atom. The molecule has 7 heteroatoms. The first-order valence-electron chi connectivity index (χ1n) is 16.3. The molecule has 0 amide bonds. The monoisotopic (exact) mass is 710 g/mol. The number of ether oxygens (including phenoxy) is 5. The van der Waals surface area contributed by atoms with Crippen LogP contribution in [0.3, 0.4) is 0 Å². The zero-order valence-electron chi connectivity index (χ0n) is 26.7. The highest BCUT2D eigenvalue weighted by molar-refractivity contribution is 9.08. The molecular formula is C41H40BrFO5. The number of rotatable bonds is 15. The summed E-state index contributed by atoms with van der Waals surface area (Å²) in [6, 6.07) is 45.0. The topological polar surface area (TPSA) is 46.2 Å². The number of alkyl halides is 1. The van der Waals surface area contributed by atoms with Crippen LogP contribution in [0, 0.1) is 5.82 Å². The predicted octanol–water partition coefficient (Wildman–Crippen LogP) is 9.13. The van der Waals surface area contributed by atoms with E-state index in [0.29, 0.717) is 30.7 Å². The SMILES string of the molecule is Fc1ccc(CBr)cc1[C@@H]1O[C@H](COCc2ccccc2)[C@@H](OCc2ccccc2)[C@H](OCc2ccccc2)[C@H]1OCc1ccccc1. The summed E-state index contributed by atoms with van der Waals surface area (Å²) >= 11 is 3.54. The summed E-state index contributed by atoms with van der Waals surface area (Å²) in [5.41, 5.74) is 5.40. The minimum absolute atomic E-state index is 0.210. The largest absolute Gasteiger partial charge is 0.374 e. The number of hydrogen-bond acceptors (Lipinski definition) is 5. The highest BCUT2D eigenvalue weighted by atomic mass is 79.9. The molecule has 0 unspecified atom stereocenters. The Balaban J connectivity index is 1.37. The molecule has 5 nitrogen and oxygen atoms in total. The lowest BCUT2D eigenvalue weighted by Crippen LogP contribution is -2.58. The van der Waals surface area contributed by atoms with E-state index in [0.717, 1.165) is 27.8 Å². The Morgan fingerprint density at radius 3 is 1.48 bits per heavy atom. The lowest BCUT2D eigenvalue weighted by atomic mass is 9.89. The average Bonchev–Trinajstić information content (AvgIpc) is 3.14. The van der Waals surface area contributed by atoms with Gasteiger partial charge in [-0.2, -0.15) is 0 Å². The van der Waals surface area contributed by atoms with Crippen molar-refractivity contribution in [1.29, 1.82) is 0 Å². The van der Waals surface area contributed by atoms with Crippen molar-refractivity contribution in [3.63, 3.8) is 0 Å². The third-order valence-electron chi connectivity index (χ3n) is 8.40. The molecule has 5 atom stereocenters. The van der Waals surface area contributed by atoms with Crippen LogP contribution in [0.2, 0.25) is 0 Å². The fourth-order valence-corrected chi connectivity index (χ4v) is 6.28. The second-order valence-electron chi connectivity index (χ2n) is 11.9. The molecule has 0 saturated carbocycles. The third-order valence-corrected chi connectivity index (χ3v) is 9.05. The first kappa shape index (κ1) is 34.2. The van der Waals surface area contributed by atoms with E-state index in [4.69, 9.17) is 23.7 Å². The molecule has 1 saturated heterocycles. The predicted molar refractivity (Wildman–Crippen MR) is 188 cm³/mol. The van der Waals surface area contributed by atoms with Crippen molar-refractivity contribution < 1.29 is 28.1 Å². The summed E-state index contributed by atoms with van der Waals surface area (Å²) < 4.78 is 49.2. The van der Waals surface area contributed by atoms with Crippen molar-refractivity contribution in [2.45, 2.75) is 62.3 Å². The van der Waals surface area contributed by atoms with Crippen molar-refractivity contribution >= 4 is 15.9 Å². The summed E-state index contributed by atoms with van der Waals surface area (Å²) in [5, 5.41) is 0.572. The summed E-state index contributed by atoms with van der Waals surface area (Å²) in [6.07, 6.45) is -3.32. The van der Waals surface area contributed by atoms with E-state index in [2.05, 4.69) is 15.9 Å². The Labute approximate surface area is 290 Å². The molecule has 5 aromatic carbocycles. The van der Waals surface area contributed by atoms with Crippen LogP contribution in [-0.4, -0.2) is 31.0 Å². The molecule has 1 aliphatic rings. The minimum Gasteiger partial charge on any atom is -0.374 e. The van der Waals surface area contributed by atoms with Crippen LogP contribution in [-0.2, 0) is 55.4 Å². The van der Waals surface area contributed by atoms with Crippen molar-refractivity contribution in [1.82, 2.24) is 0 Å². The smallest absolute Gasteiger partial charge is 0.129 e. The lowest BCUT2D eigenvalue weighted by Gasteiger charge is -2.46. The van der Waals surface area contributed by atoms with Gasteiger partial charge in [0.05, 0.1) is 33.0 Å². The highest BCUT2D eigenvalue weighted by Crippen LogP contribution is 2.40. The fraction of sp³-hybridized carbons (Fsp3) is 0.268. The van der Waals surface area contributed by atoms with E-state index in [1.165, 1.54) is 6.07 Å². The molecule has 1 heterocycles. The second-order valence-corrected chi connectivity index (χ2v) is 12.4. The van der Waals surface area contributed by atoms with Crippen LogP contribution < -0.4 is 0 Å². The van der Waals surface area contributed by atoms with Gasteiger partial charge in [-0.25, -0.2) is 4.39 Å². The van der Waals surface area contributed by atoms with Crippen molar-refractivity contribution in [3.8, 4) is 0 Å². The van der Waals surface area contributed by atoms with Gasteiger partial charge in [-0.3, -0.25) is 0 Å². The molecule has 248 valence electrons. The summed E-state index contributed by atoms with van der Waals surface area (Å²) in [4.78, 5) is 0. The zero-order chi connectivity index (χ0) is 33.0. The molecule has 6 rings (SSSR count). The third kappa shape index (κ3) is 9.26. The van der Waals surface area contributed by atoms with Gasteiger partial charge in [-0.15, -0.1) is 0 Å². The van der Waals surface area contributed by atoms with Gasteiger partial charge in [-0.05, 0) is 39.9 Å². The normalized spacial score (nSPS) is 20.8. The van der Waals surface area contributed by atoms with E-state index in [1.54, 1.807) is 6.07 Å². The first-order valence-corrected chi connectivity index (χ1v) is 17.4. The van der Waals surface area contributed by atoms with Gasteiger partial charge in [0.2, 0.25) is 0 Å². The van der Waals surface area contributed by atoms with Gasteiger partial charge in [0.25, 0.3) is 0 Å². The summed E-state index contributed by atoms with van der Waals surface area (Å²) in [5.74, 6) is -0.368. The van der Waals surface area contributed by atoms with E-state index in [9.17, 15) is 0 Å². The van der Waals surface area contributed by atoms with Crippen molar-refractivity contribution in [3.05, 3.63) is 179 Å². The number of hydrogen-bond donors (Lipinski definition) is 0. The molecular weight excluding hydrogens is 671 g/mol. The molecule has 1 aliphatic heterocycles. The van der Waals surface area contributed by atoms with Crippen LogP contribution in [0.1, 0.15) is 39.5 Å². The Bertz CT molecular complexity index is 1660. The Hall–Kier alpha value is -3.69. The van der Waals surface area contributed by atoms with Gasteiger partial charge in [-0.1, -0.05) is 143 Å². The molecule has 48 heavy (non-hydrogen) atoms. The van der Waals surface area contributed by atoms with Gasteiger partial charge in [0.1, 0.15) is 36.3 Å². The van der Waals surface area contributed by atoms with Crippen LogP contribution >= 0.6 is 15.9 Å². The van der Waals surface area contributed by atoms with E-state index >= 15 is 4.39 Å². The van der Waals surface area contributed by atoms with Gasteiger partial charge >= 0.3 is 0 Å². The molecule has 0 N–H and O–H groups in total. The highest BCUT2D eigenvalue weighted by Gasteiger charge is 2.49. The Kier molecular flexibility index (Phi) is 12.6. The van der Waals surface area contributed by atoms with Crippen LogP contribution in [0.15, 0.2) is 140 Å². The summed E-state index contributed by atoms with van der Waals surface area (Å²) in [6.45, 7) is 1.54. The van der Waals surface area contributed by atoms with Crippen molar-refractivity contribution in [2.24, 2.45) is 0 Å². The zero-order valence-corrected chi connectivity index (χ0v) is 28.3. The average molecular weight is 712 g/mol. The van der Waals surface area contributed by atoms with E-state index < -0.39 is 30.5 Å². The molecule has 0 aromatic heterocycles. The fourth-order valence-electron chi connectivity index (χ4n) is 5.93. The van der Waals surface area contributed by atoms with E-state index in [-0.39, 0.29) is 19.0 Å². The molecule has 0 spiro atoms. The van der Waals surface area contributed by atoms with Crippen LogP contribution in [0.5, 0.6) is 0 Å². The maximum Gasteiger partial charge on any atom is 0.129 e. The first-order chi connectivity index (χ1) is 23.7. The molecule has 5 aromatic rings. The van der Waals surface area contributed by atoms with Crippen LogP contribution in [0.25, 0.3) is 0 Å². The lowest BCUT2D eigenvalue weighted by molar-refractivity contribution is -0.275. The van der Waals surface area contributed by atoms with Gasteiger partial charge < -0.3 is 23.7 Å². The maximum atomic E-state index is 15.8. The maximum absolute atomic E-state index is 15.8. The standard InChI is InChI=1S/C41H40BrFO5/c42-24-34-21-22-36(43)35(23-34)38-40(46-27-32-17-9-3-10-18-32)41(47-28-33-19-11-4-12-20-33)39(45-26-31-15-7-2-8-16-31)37(48-38)29-44-25-30-13-5-1-6-14-30/h1-23,37-41H,24-29H2/t37-,38+,39-,40+,41+/m1/s1. The summed E-state index contributed by atoms with van der Waals surface area (Å²) in [7, 11) is 0. The molecule has 1 fully saturated rings. The van der Waals surface area contributed by atoms with E-state index in [1.807, 2.05) is 127 Å². The van der Waals surface area contributed by atoms with Gasteiger partial charge in [0, 0.05) is 10.9 Å². The second kappa shape index (κ2) is 17.6. The van der Waals surface area contributed by atoms with Gasteiger partial charge in [0.15, 0.2) is 0 Å². The Morgan fingerprint density at radius 1 is 0.521 bits per heavy atom. The molecule has 0 radical (unpaired) electrons.